The molecule has 6 nitrogen and oxygen atoms in total. The lowest BCUT2D eigenvalue weighted by molar-refractivity contribution is -0.143. The Hall–Kier alpha value is -3.71. The van der Waals surface area contributed by atoms with Crippen LogP contribution in [0.25, 0.3) is 0 Å². The average Bonchev–Trinajstić information content (AvgIpc) is 2.78. The van der Waals surface area contributed by atoms with Crippen molar-refractivity contribution in [3.63, 3.8) is 0 Å². The van der Waals surface area contributed by atoms with Gasteiger partial charge in [-0.05, 0) is 30.5 Å². The van der Waals surface area contributed by atoms with Gasteiger partial charge in [0.15, 0.2) is 23.3 Å². The highest BCUT2D eigenvalue weighted by Crippen LogP contribution is 2.38. The van der Waals surface area contributed by atoms with Crippen LogP contribution in [0.3, 0.4) is 0 Å². The van der Waals surface area contributed by atoms with E-state index in [2.05, 4.69) is 0 Å². The van der Waals surface area contributed by atoms with Crippen molar-refractivity contribution in [1.29, 1.82) is 0 Å². The van der Waals surface area contributed by atoms with Crippen molar-refractivity contribution in [1.82, 2.24) is 0 Å². The van der Waals surface area contributed by atoms with Crippen LogP contribution in [0.5, 0.6) is 0 Å². The van der Waals surface area contributed by atoms with Gasteiger partial charge in [0.1, 0.15) is 17.1 Å². The Bertz CT molecular complexity index is 1140. The van der Waals surface area contributed by atoms with Gasteiger partial charge in [-0.25, -0.2) is 22.0 Å². The summed E-state index contributed by atoms with van der Waals surface area (Å²) in [6, 6.07) is 2.00. The second-order valence-electron chi connectivity index (χ2n) is 7.42. The van der Waals surface area contributed by atoms with E-state index >= 15 is 0 Å². The number of halogens is 8. The second kappa shape index (κ2) is 12.0. The van der Waals surface area contributed by atoms with Crippen LogP contribution in [0.15, 0.2) is 12.1 Å². The fraction of sp³-hybridized carbons (Fsp3) is 0.348. The summed E-state index contributed by atoms with van der Waals surface area (Å²) in [4.78, 5) is 36.0. The predicted molar refractivity (Wildman–Crippen MR) is 111 cm³/mol. The Morgan fingerprint density at radius 2 is 1.16 bits per heavy atom. The number of alkyl halides is 3. The molecule has 0 saturated heterocycles. The number of rotatable bonds is 9. The van der Waals surface area contributed by atoms with Gasteiger partial charge in [-0.15, -0.1) is 0 Å². The van der Waals surface area contributed by atoms with Crippen molar-refractivity contribution in [3.8, 4) is 0 Å². The summed E-state index contributed by atoms with van der Waals surface area (Å²) in [5.74, 6) is -14.6. The van der Waals surface area contributed by atoms with Crippen molar-refractivity contribution in [2.24, 2.45) is 0 Å². The van der Waals surface area contributed by atoms with E-state index in [0.717, 1.165) is 12.1 Å². The summed E-state index contributed by atoms with van der Waals surface area (Å²) >= 11 is 0. The Labute approximate surface area is 204 Å². The number of carbonyl (C=O) groups excluding carboxylic acids is 3. The number of amides is 1. The number of hydrogen-bond acceptors (Lipinski definition) is 5. The number of ether oxygens (including phenoxy) is 2. The van der Waals surface area contributed by atoms with Crippen molar-refractivity contribution in [2.45, 2.75) is 39.3 Å². The summed E-state index contributed by atoms with van der Waals surface area (Å²) in [6.45, 7) is 2.92. The maximum atomic E-state index is 14.9. The first-order valence-corrected chi connectivity index (χ1v) is 10.6. The molecule has 0 heterocycles. The summed E-state index contributed by atoms with van der Waals surface area (Å²) < 4.78 is 118. The van der Waals surface area contributed by atoms with E-state index in [1.165, 1.54) is 19.2 Å². The summed E-state index contributed by atoms with van der Waals surface area (Å²) in [5.41, 5.74) is -5.37. The van der Waals surface area contributed by atoms with Crippen LogP contribution in [0, 0.1) is 29.1 Å². The molecule has 2 aromatic carbocycles. The van der Waals surface area contributed by atoms with Gasteiger partial charge in [0.25, 0.3) is 0 Å². The van der Waals surface area contributed by atoms with Crippen LogP contribution in [0.2, 0.25) is 0 Å². The maximum absolute atomic E-state index is 14.9. The van der Waals surface area contributed by atoms with Gasteiger partial charge >= 0.3 is 18.1 Å². The molecule has 0 bridgehead atoms. The molecule has 14 heteroatoms. The van der Waals surface area contributed by atoms with Gasteiger partial charge in [0, 0.05) is 0 Å². The van der Waals surface area contributed by atoms with E-state index < -0.39 is 83.6 Å². The second-order valence-corrected chi connectivity index (χ2v) is 7.42. The van der Waals surface area contributed by atoms with E-state index in [1.54, 1.807) is 0 Å². The minimum atomic E-state index is -5.77. The lowest BCUT2D eigenvalue weighted by Gasteiger charge is -2.15. The molecule has 0 spiro atoms. The molecule has 0 saturated carbocycles. The first-order chi connectivity index (χ1) is 17.2. The maximum Gasteiger partial charge on any atom is 0.422 e. The quantitative estimate of drug-likeness (QED) is 0.281. The standard InChI is InChI=1S/C23H19F8NO5/c1-3-36-14(34)8-11-5-10(6-12(17(11)24)9-15(35)37-4-2)7-13(33)32-22-20(27)18(25)16(23(29,30)31)19(26)21(22)28/h5-6H,3-4,7-9H2,1-2H3,(H,32,33). The third kappa shape index (κ3) is 7.17. The summed E-state index contributed by atoms with van der Waals surface area (Å²) in [6.07, 6.45) is -7.86. The molecular weight excluding hydrogens is 522 g/mol. The molecule has 37 heavy (non-hydrogen) atoms. The third-order valence-electron chi connectivity index (χ3n) is 4.74. The first-order valence-electron chi connectivity index (χ1n) is 10.6. The zero-order valence-corrected chi connectivity index (χ0v) is 19.3. The van der Waals surface area contributed by atoms with Gasteiger partial charge in [-0.3, -0.25) is 14.4 Å². The van der Waals surface area contributed by atoms with Crippen LogP contribution >= 0.6 is 0 Å². The largest absolute Gasteiger partial charge is 0.466 e. The topological polar surface area (TPSA) is 81.7 Å². The van der Waals surface area contributed by atoms with E-state index in [0.29, 0.717) is 0 Å². The SMILES string of the molecule is CCOC(=O)Cc1cc(CC(=O)Nc2c(F)c(F)c(C(F)(F)F)c(F)c2F)cc(CC(=O)OCC)c1F. The molecule has 0 aliphatic carbocycles. The van der Waals surface area contributed by atoms with Crippen molar-refractivity contribution in [3.05, 3.63) is 63.5 Å². The molecule has 2 rings (SSSR count). The minimum absolute atomic E-state index is 0.0321. The van der Waals surface area contributed by atoms with Crippen LogP contribution in [0.1, 0.15) is 36.1 Å². The van der Waals surface area contributed by atoms with Crippen molar-refractivity contribution < 1.29 is 59.0 Å². The number of nitrogens with one attached hydrogen (secondary N) is 1. The van der Waals surface area contributed by atoms with Gasteiger partial charge in [-0.2, -0.15) is 13.2 Å². The molecule has 0 fully saturated rings. The van der Waals surface area contributed by atoms with Gasteiger partial charge < -0.3 is 14.8 Å². The van der Waals surface area contributed by atoms with Crippen LogP contribution in [-0.4, -0.2) is 31.1 Å². The molecule has 1 amide bonds. The molecule has 0 aliphatic rings. The number of benzene rings is 2. The summed E-state index contributed by atoms with van der Waals surface area (Å²) in [5, 5.41) is 1.45. The highest BCUT2D eigenvalue weighted by molar-refractivity contribution is 5.92. The highest BCUT2D eigenvalue weighted by atomic mass is 19.4. The van der Waals surface area contributed by atoms with Crippen molar-refractivity contribution >= 4 is 23.5 Å². The van der Waals surface area contributed by atoms with E-state index in [-0.39, 0.29) is 29.9 Å². The molecule has 0 atom stereocenters. The van der Waals surface area contributed by atoms with E-state index in [1.807, 2.05) is 0 Å². The minimum Gasteiger partial charge on any atom is -0.466 e. The predicted octanol–water partition coefficient (Wildman–Crippen LogP) is 4.79. The van der Waals surface area contributed by atoms with Crippen LogP contribution in [0.4, 0.5) is 40.8 Å². The normalized spacial score (nSPS) is 11.3. The smallest absolute Gasteiger partial charge is 0.422 e. The molecule has 1 N–H and O–H groups in total. The van der Waals surface area contributed by atoms with Crippen LogP contribution in [-0.2, 0) is 49.3 Å². The highest BCUT2D eigenvalue weighted by Gasteiger charge is 2.42. The lowest BCUT2D eigenvalue weighted by atomic mass is 9.98. The van der Waals surface area contributed by atoms with Gasteiger partial charge in [-0.1, -0.05) is 12.1 Å². The van der Waals surface area contributed by atoms with E-state index in [9.17, 15) is 49.5 Å². The molecule has 0 unspecified atom stereocenters. The molecular formula is C23H19F8NO5. The fourth-order valence-electron chi connectivity index (χ4n) is 3.28. The molecule has 0 aromatic heterocycles. The zero-order valence-electron chi connectivity index (χ0n) is 19.3. The average molecular weight is 541 g/mol. The zero-order chi connectivity index (χ0) is 28.1. The molecule has 0 radical (unpaired) electrons. The molecule has 0 aliphatic heterocycles. The third-order valence-corrected chi connectivity index (χ3v) is 4.74. The number of hydrogen-bond donors (Lipinski definition) is 1. The Kier molecular flexibility index (Phi) is 9.59. The van der Waals surface area contributed by atoms with Crippen molar-refractivity contribution in [2.75, 3.05) is 18.5 Å². The van der Waals surface area contributed by atoms with E-state index in [4.69, 9.17) is 9.47 Å². The number of anilines is 1. The van der Waals surface area contributed by atoms with Gasteiger partial charge in [0.05, 0.1) is 32.5 Å². The Morgan fingerprint density at radius 3 is 1.54 bits per heavy atom. The Balaban J connectivity index is 2.42. The Morgan fingerprint density at radius 1 is 0.730 bits per heavy atom. The number of esters is 2. The molecule has 2 aromatic rings. The molecule has 202 valence electrons. The lowest BCUT2D eigenvalue weighted by Crippen LogP contribution is -2.21. The number of carbonyl (C=O) groups is 3. The first kappa shape index (κ1) is 29.5. The summed E-state index contributed by atoms with van der Waals surface area (Å²) in [7, 11) is 0. The fourth-order valence-corrected chi connectivity index (χ4v) is 3.28. The van der Waals surface area contributed by atoms with Crippen LogP contribution < -0.4 is 5.32 Å². The monoisotopic (exact) mass is 541 g/mol. The van der Waals surface area contributed by atoms with Gasteiger partial charge in [0.2, 0.25) is 5.91 Å².